The Bertz CT molecular complexity index is 412. The highest BCUT2D eigenvalue weighted by molar-refractivity contribution is 7.80. The minimum Gasteiger partial charge on any atom is -0.495 e. The largest absolute Gasteiger partial charge is 0.495 e. The molecule has 0 saturated heterocycles. The van der Waals surface area contributed by atoms with Crippen LogP contribution >= 0.6 is 12.2 Å². The number of rotatable bonds is 5. The molecule has 0 aliphatic rings. The Kier molecular flexibility index (Phi) is 5.31. The summed E-state index contributed by atoms with van der Waals surface area (Å²) < 4.78 is 5.11. The third-order valence-electron chi connectivity index (χ3n) is 1.93. The first-order valence-electron chi connectivity index (χ1n) is 4.88. The summed E-state index contributed by atoms with van der Waals surface area (Å²) in [6.07, 6.45) is 0. The zero-order valence-electron chi connectivity index (χ0n) is 9.27. The minimum atomic E-state index is -0.0190. The molecule has 0 fully saturated rings. The summed E-state index contributed by atoms with van der Waals surface area (Å²) in [6.45, 7) is 0.328. The maximum atomic E-state index is 10.4. The van der Waals surface area contributed by atoms with E-state index in [0.29, 0.717) is 23.1 Å². The van der Waals surface area contributed by atoms with Gasteiger partial charge >= 0.3 is 0 Å². The van der Waals surface area contributed by atoms with Gasteiger partial charge in [0.2, 0.25) is 0 Å². The fraction of sp³-hybridized carbons (Fsp3) is 0.300. The fourth-order valence-electron chi connectivity index (χ4n) is 1.19. The van der Waals surface area contributed by atoms with Crippen molar-refractivity contribution >= 4 is 28.7 Å². The Balaban J connectivity index is 2.80. The van der Waals surface area contributed by atoms with Gasteiger partial charge in [0, 0.05) is 6.54 Å². The average Bonchev–Trinajstić information content (AvgIpc) is 2.36. The van der Waals surface area contributed by atoms with Crippen molar-refractivity contribution in [2.24, 2.45) is 5.18 Å². The lowest BCUT2D eigenvalue weighted by Crippen LogP contribution is -2.30. The van der Waals surface area contributed by atoms with Crippen LogP contribution in [0, 0.1) is 4.91 Å². The Hall–Kier alpha value is -1.73. The highest BCUT2D eigenvalue weighted by Gasteiger charge is 2.06. The number of nitroso groups, excluding NO2 is 1. The van der Waals surface area contributed by atoms with Gasteiger partial charge in [0.05, 0.1) is 19.4 Å². The summed E-state index contributed by atoms with van der Waals surface area (Å²) in [6, 6.07) is 4.69. The molecule has 0 saturated carbocycles. The molecule has 0 aromatic heterocycles. The van der Waals surface area contributed by atoms with E-state index in [1.807, 2.05) is 0 Å². The van der Waals surface area contributed by atoms with Crippen LogP contribution in [0.3, 0.4) is 0 Å². The van der Waals surface area contributed by atoms with Crippen molar-refractivity contribution in [2.75, 3.05) is 25.6 Å². The van der Waals surface area contributed by atoms with E-state index in [0.717, 1.165) is 0 Å². The third kappa shape index (κ3) is 3.97. The number of hydrogen-bond donors (Lipinski definition) is 3. The molecule has 0 aliphatic carbocycles. The lowest BCUT2D eigenvalue weighted by molar-refractivity contribution is 0.300. The molecule has 0 aliphatic heterocycles. The van der Waals surface area contributed by atoms with Crippen molar-refractivity contribution in [3.8, 4) is 5.75 Å². The number of thiocarbonyl (C=S) groups is 1. The molecule has 17 heavy (non-hydrogen) atoms. The van der Waals surface area contributed by atoms with Crippen LogP contribution in [0.25, 0.3) is 0 Å². The van der Waals surface area contributed by atoms with Crippen molar-refractivity contribution in [3.63, 3.8) is 0 Å². The molecule has 0 unspecified atom stereocenters. The zero-order chi connectivity index (χ0) is 12.7. The van der Waals surface area contributed by atoms with Crippen LogP contribution in [0.4, 0.5) is 11.4 Å². The highest BCUT2D eigenvalue weighted by atomic mass is 32.1. The van der Waals surface area contributed by atoms with Gasteiger partial charge in [-0.25, -0.2) is 0 Å². The highest BCUT2D eigenvalue weighted by Crippen LogP contribution is 2.28. The second-order valence-corrected chi connectivity index (χ2v) is 3.49. The number of methoxy groups -OCH3 is 1. The van der Waals surface area contributed by atoms with Gasteiger partial charge in [-0.3, -0.25) is 0 Å². The van der Waals surface area contributed by atoms with Crippen molar-refractivity contribution in [1.82, 2.24) is 5.32 Å². The van der Waals surface area contributed by atoms with Crippen molar-refractivity contribution in [3.05, 3.63) is 23.1 Å². The Labute approximate surface area is 104 Å². The van der Waals surface area contributed by atoms with Crippen LogP contribution in [-0.2, 0) is 0 Å². The van der Waals surface area contributed by atoms with E-state index in [9.17, 15) is 4.91 Å². The molecule has 0 bridgehead atoms. The van der Waals surface area contributed by atoms with Gasteiger partial charge in [-0.2, -0.15) is 0 Å². The van der Waals surface area contributed by atoms with Crippen molar-refractivity contribution < 1.29 is 9.84 Å². The molecule has 7 heteroatoms. The molecular weight excluding hydrogens is 242 g/mol. The zero-order valence-corrected chi connectivity index (χ0v) is 10.1. The van der Waals surface area contributed by atoms with E-state index in [-0.39, 0.29) is 12.3 Å². The van der Waals surface area contributed by atoms with Crippen LogP contribution in [0.5, 0.6) is 5.75 Å². The predicted molar refractivity (Wildman–Crippen MR) is 69.8 cm³/mol. The van der Waals surface area contributed by atoms with Gasteiger partial charge < -0.3 is 20.5 Å². The number of anilines is 1. The molecule has 0 heterocycles. The van der Waals surface area contributed by atoms with Gasteiger partial charge in [0.25, 0.3) is 0 Å². The monoisotopic (exact) mass is 255 g/mol. The molecule has 3 N–H and O–H groups in total. The first-order chi connectivity index (χ1) is 8.21. The standard InChI is InChI=1S/C10H13N3O3S/c1-16-9-3-2-7(13-15)6-8(9)12-10(17)11-4-5-14/h2-3,6,14H,4-5H2,1H3,(H2,11,12,17). The molecular formula is C10H13N3O3S. The SMILES string of the molecule is COc1ccc(N=O)cc1NC(=S)NCCO. The van der Waals surface area contributed by atoms with E-state index >= 15 is 0 Å². The van der Waals surface area contributed by atoms with Gasteiger partial charge in [0.1, 0.15) is 11.4 Å². The normalized spacial score (nSPS) is 9.53. The lowest BCUT2D eigenvalue weighted by Gasteiger charge is -2.12. The van der Waals surface area contributed by atoms with Gasteiger partial charge in [-0.05, 0) is 35.6 Å². The first kappa shape index (κ1) is 13.3. The van der Waals surface area contributed by atoms with E-state index in [1.165, 1.54) is 13.2 Å². The molecule has 0 amide bonds. The topological polar surface area (TPSA) is 83.0 Å². The second kappa shape index (κ2) is 6.77. The van der Waals surface area contributed by atoms with Crippen molar-refractivity contribution in [1.29, 1.82) is 0 Å². The average molecular weight is 255 g/mol. The summed E-state index contributed by atoms with van der Waals surface area (Å²) in [5.41, 5.74) is 0.818. The van der Waals surface area contributed by atoms with Gasteiger partial charge in [-0.1, -0.05) is 0 Å². The molecule has 1 aromatic rings. The van der Waals surface area contributed by atoms with Crippen LogP contribution in [0.15, 0.2) is 23.4 Å². The van der Waals surface area contributed by atoms with E-state index < -0.39 is 0 Å². The van der Waals surface area contributed by atoms with Crippen molar-refractivity contribution in [2.45, 2.75) is 0 Å². The number of aliphatic hydroxyl groups is 1. The third-order valence-corrected chi connectivity index (χ3v) is 2.18. The molecule has 1 rings (SSSR count). The van der Waals surface area contributed by atoms with E-state index in [4.69, 9.17) is 22.1 Å². The summed E-state index contributed by atoms with van der Waals surface area (Å²) in [5.74, 6) is 0.547. The van der Waals surface area contributed by atoms with Gasteiger partial charge in [0.15, 0.2) is 5.11 Å². The summed E-state index contributed by atoms with van der Waals surface area (Å²) in [5, 5.41) is 17.4. The maximum absolute atomic E-state index is 10.4. The molecule has 6 nitrogen and oxygen atoms in total. The summed E-state index contributed by atoms with van der Waals surface area (Å²) >= 11 is 4.99. The Morgan fingerprint density at radius 1 is 1.59 bits per heavy atom. The number of hydrogen-bond acceptors (Lipinski definition) is 5. The number of nitrogens with one attached hydrogen (secondary N) is 2. The first-order valence-corrected chi connectivity index (χ1v) is 5.29. The Morgan fingerprint density at radius 2 is 2.35 bits per heavy atom. The van der Waals surface area contributed by atoms with Crippen LogP contribution in [0.2, 0.25) is 0 Å². The van der Waals surface area contributed by atoms with Crippen LogP contribution < -0.4 is 15.4 Å². The number of nitrogens with zero attached hydrogens (tertiary/aromatic N) is 1. The predicted octanol–water partition coefficient (Wildman–Crippen LogP) is 1.37. The fourth-order valence-corrected chi connectivity index (χ4v) is 1.40. The molecule has 0 radical (unpaired) electrons. The molecule has 92 valence electrons. The molecule has 1 aromatic carbocycles. The quantitative estimate of drug-likeness (QED) is 0.544. The van der Waals surface area contributed by atoms with Crippen LogP contribution in [-0.4, -0.2) is 30.5 Å². The van der Waals surface area contributed by atoms with Gasteiger partial charge in [-0.15, -0.1) is 4.91 Å². The molecule has 0 atom stereocenters. The number of benzene rings is 1. The van der Waals surface area contributed by atoms with E-state index in [2.05, 4.69) is 15.8 Å². The summed E-state index contributed by atoms with van der Waals surface area (Å²) in [7, 11) is 1.51. The Morgan fingerprint density at radius 3 is 2.94 bits per heavy atom. The molecule has 0 spiro atoms. The van der Waals surface area contributed by atoms with E-state index in [1.54, 1.807) is 12.1 Å². The minimum absolute atomic E-state index is 0.0190. The van der Waals surface area contributed by atoms with Crippen LogP contribution in [0.1, 0.15) is 0 Å². The smallest absolute Gasteiger partial charge is 0.170 e. The number of ether oxygens (including phenoxy) is 1. The summed E-state index contributed by atoms with van der Waals surface area (Å²) in [4.78, 5) is 10.4. The lowest BCUT2D eigenvalue weighted by atomic mass is 10.2. The number of aliphatic hydroxyl groups excluding tert-OH is 1. The second-order valence-electron chi connectivity index (χ2n) is 3.08. The maximum Gasteiger partial charge on any atom is 0.170 e.